The molecule has 0 spiro atoms. The minimum atomic E-state index is -0.708. The van der Waals surface area contributed by atoms with Gasteiger partial charge in [-0.2, -0.15) is 0 Å². The fraction of sp³-hybridized carbons (Fsp3) is 0.214. The summed E-state index contributed by atoms with van der Waals surface area (Å²) in [5.74, 6) is -0.477. The van der Waals surface area contributed by atoms with Gasteiger partial charge in [0.05, 0.1) is 0 Å². The molecule has 1 unspecified atom stereocenters. The van der Waals surface area contributed by atoms with Crippen LogP contribution in [0.1, 0.15) is 15.9 Å². The number of fused-ring (bicyclic) bond motifs is 1. The molecule has 7 heteroatoms. The largest absolute Gasteiger partial charge is 0.326 e. The number of hydrogen-bond acceptors (Lipinski definition) is 4. The number of nitrogens with zero attached hydrogens (tertiary/aromatic N) is 1. The van der Waals surface area contributed by atoms with Gasteiger partial charge in [-0.15, -0.1) is 0 Å². The summed E-state index contributed by atoms with van der Waals surface area (Å²) in [5.41, 5.74) is 6.22. The third-order valence-electron chi connectivity index (χ3n) is 3.48. The van der Waals surface area contributed by atoms with Crippen LogP contribution in [0, 0.1) is 0 Å². The molecule has 0 aliphatic carbocycles. The lowest BCUT2D eigenvalue weighted by molar-refractivity contribution is 0.0981. The third kappa shape index (κ3) is 2.38. The highest BCUT2D eigenvalue weighted by atomic mass is 16.2. The van der Waals surface area contributed by atoms with Crippen molar-refractivity contribution < 1.29 is 4.79 Å². The highest BCUT2D eigenvalue weighted by Gasteiger charge is 2.28. The normalized spacial score (nSPS) is 17.4. The van der Waals surface area contributed by atoms with E-state index in [1.807, 2.05) is 29.2 Å². The minimum Gasteiger partial charge on any atom is -0.326 e. The Morgan fingerprint density at radius 1 is 1.29 bits per heavy atom. The van der Waals surface area contributed by atoms with Gasteiger partial charge in [-0.1, -0.05) is 18.2 Å². The van der Waals surface area contributed by atoms with Crippen LogP contribution in [0.15, 0.2) is 40.1 Å². The molecule has 108 valence electrons. The molecule has 7 nitrogen and oxygen atoms in total. The first-order valence-electron chi connectivity index (χ1n) is 6.53. The zero-order valence-corrected chi connectivity index (χ0v) is 11.1. The maximum Gasteiger partial charge on any atom is 0.325 e. The van der Waals surface area contributed by atoms with Gasteiger partial charge in [0.1, 0.15) is 5.56 Å². The van der Waals surface area contributed by atoms with Crippen LogP contribution < -0.4 is 21.9 Å². The van der Waals surface area contributed by atoms with Crippen molar-refractivity contribution >= 4 is 11.6 Å². The van der Waals surface area contributed by atoms with Crippen LogP contribution >= 0.6 is 0 Å². The summed E-state index contributed by atoms with van der Waals surface area (Å²) in [6.07, 6.45) is 1.81. The Balaban J connectivity index is 2.06. The fourth-order valence-electron chi connectivity index (χ4n) is 2.53. The maximum absolute atomic E-state index is 12.6. The molecule has 1 aromatic carbocycles. The van der Waals surface area contributed by atoms with E-state index in [9.17, 15) is 14.4 Å². The summed E-state index contributed by atoms with van der Waals surface area (Å²) in [6.45, 7) is 0.328. The zero-order chi connectivity index (χ0) is 15.0. The second kappa shape index (κ2) is 5.02. The zero-order valence-electron chi connectivity index (χ0n) is 11.1. The van der Waals surface area contributed by atoms with E-state index in [-0.39, 0.29) is 11.6 Å². The number of rotatable bonds is 1. The monoisotopic (exact) mass is 286 g/mol. The van der Waals surface area contributed by atoms with Crippen molar-refractivity contribution in [3.63, 3.8) is 0 Å². The molecule has 1 atom stereocenters. The fourth-order valence-corrected chi connectivity index (χ4v) is 2.53. The van der Waals surface area contributed by atoms with E-state index in [0.29, 0.717) is 13.0 Å². The number of benzene rings is 1. The molecule has 3 rings (SSSR count). The van der Waals surface area contributed by atoms with E-state index in [2.05, 4.69) is 4.98 Å². The quantitative estimate of drug-likeness (QED) is 0.661. The molecule has 21 heavy (non-hydrogen) atoms. The summed E-state index contributed by atoms with van der Waals surface area (Å²) < 4.78 is 0. The first kappa shape index (κ1) is 13.3. The van der Waals surface area contributed by atoms with Gasteiger partial charge in [-0.05, 0) is 18.1 Å². The molecule has 0 fully saturated rings. The maximum atomic E-state index is 12.6. The topological polar surface area (TPSA) is 112 Å². The summed E-state index contributed by atoms with van der Waals surface area (Å²) in [5, 5.41) is 0. The van der Waals surface area contributed by atoms with Gasteiger partial charge in [0, 0.05) is 24.5 Å². The van der Waals surface area contributed by atoms with Crippen LogP contribution in [-0.2, 0) is 6.42 Å². The van der Waals surface area contributed by atoms with E-state index in [4.69, 9.17) is 5.73 Å². The molecule has 1 aliphatic rings. The number of aromatic nitrogens is 2. The Morgan fingerprint density at radius 2 is 2.05 bits per heavy atom. The van der Waals surface area contributed by atoms with Crippen LogP contribution in [0.4, 0.5) is 5.69 Å². The number of para-hydroxylation sites is 1. The van der Waals surface area contributed by atoms with Gasteiger partial charge in [-0.25, -0.2) is 4.79 Å². The van der Waals surface area contributed by atoms with Crippen LogP contribution in [-0.4, -0.2) is 28.5 Å². The van der Waals surface area contributed by atoms with Crippen LogP contribution in [0.2, 0.25) is 0 Å². The van der Waals surface area contributed by atoms with E-state index < -0.39 is 17.2 Å². The number of H-pyrrole nitrogens is 2. The first-order chi connectivity index (χ1) is 10.1. The summed E-state index contributed by atoms with van der Waals surface area (Å²) in [6, 6.07) is 7.25. The molecule has 1 aliphatic heterocycles. The van der Waals surface area contributed by atoms with Gasteiger partial charge in [0.15, 0.2) is 0 Å². The third-order valence-corrected chi connectivity index (χ3v) is 3.48. The number of anilines is 1. The van der Waals surface area contributed by atoms with Gasteiger partial charge in [-0.3, -0.25) is 14.6 Å². The second-order valence-electron chi connectivity index (χ2n) is 4.99. The second-order valence-corrected chi connectivity index (χ2v) is 4.99. The smallest absolute Gasteiger partial charge is 0.325 e. The van der Waals surface area contributed by atoms with Crippen LogP contribution in [0.25, 0.3) is 0 Å². The summed E-state index contributed by atoms with van der Waals surface area (Å²) in [7, 11) is 0. The number of amides is 1. The van der Waals surface area contributed by atoms with E-state index >= 15 is 0 Å². The van der Waals surface area contributed by atoms with Crippen molar-refractivity contribution in [3.05, 3.63) is 62.4 Å². The molecular weight excluding hydrogens is 272 g/mol. The van der Waals surface area contributed by atoms with Gasteiger partial charge < -0.3 is 15.6 Å². The van der Waals surface area contributed by atoms with Crippen LogP contribution in [0.3, 0.4) is 0 Å². The number of nitrogens with one attached hydrogen (secondary N) is 2. The number of hydrogen-bond donors (Lipinski definition) is 3. The number of aromatic amines is 2. The Kier molecular flexibility index (Phi) is 3.19. The molecule has 0 saturated carbocycles. The SMILES string of the molecule is NC1Cc2ccccc2N(C(=O)c2c[nH]c(=O)[nH]c2=O)C1. The van der Waals surface area contributed by atoms with E-state index in [1.54, 1.807) is 0 Å². The standard InChI is InChI=1S/C14H14N4O3/c15-9-5-8-3-1-2-4-11(8)18(7-9)13(20)10-6-16-14(21)17-12(10)19/h1-4,6,9H,5,7,15H2,(H2,16,17,19,21). The summed E-state index contributed by atoms with van der Waals surface area (Å²) in [4.78, 5) is 41.2. The van der Waals surface area contributed by atoms with Crippen molar-refractivity contribution in [1.29, 1.82) is 0 Å². The average Bonchev–Trinajstić information content (AvgIpc) is 2.45. The van der Waals surface area contributed by atoms with Crippen molar-refractivity contribution in [2.45, 2.75) is 12.5 Å². The predicted octanol–water partition coefficient (Wildman–Crippen LogP) is -0.407. The summed E-state index contributed by atoms with van der Waals surface area (Å²) >= 11 is 0. The number of nitrogens with two attached hydrogens (primary N) is 1. The number of carbonyl (C=O) groups is 1. The molecule has 0 bridgehead atoms. The molecule has 0 saturated heterocycles. The molecule has 1 aromatic heterocycles. The van der Waals surface area contributed by atoms with Crippen molar-refractivity contribution in [1.82, 2.24) is 9.97 Å². The first-order valence-corrected chi connectivity index (χ1v) is 6.53. The van der Waals surface area contributed by atoms with Gasteiger partial charge in [0.2, 0.25) is 0 Å². The highest BCUT2D eigenvalue weighted by Crippen LogP contribution is 2.27. The Hall–Kier alpha value is -2.67. The lowest BCUT2D eigenvalue weighted by atomic mass is 9.98. The van der Waals surface area contributed by atoms with Crippen molar-refractivity contribution in [3.8, 4) is 0 Å². The Bertz CT molecular complexity index is 808. The highest BCUT2D eigenvalue weighted by molar-refractivity contribution is 6.06. The lowest BCUT2D eigenvalue weighted by Crippen LogP contribution is -2.47. The van der Waals surface area contributed by atoms with E-state index in [0.717, 1.165) is 17.4 Å². The lowest BCUT2D eigenvalue weighted by Gasteiger charge is -2.32. The molecule has 0 radical (unpaired) electrons. The van der Waals surface area contributed by atoms with Crippen molar-refractivity contribution in [2.75, 3.05) is 11.4 Å². The average molecular weight is 286 g/mol. The minimum absolute atomic E-state index is 0.112. The predicted molar refractivity (Wildman–Crippen MR) is 77.5 cm³/mol. The Labute approximate surface area is 119 Å². The molecule has 2 aromatic rings. The van der Waals surface area contributed by atoms with E-state index in [1.165, 1.54) is 4.90 Å². The molecular formula is C14H14N4O3. The molecule has 1 amide bonds. The molecule has 4 N–H and O–H groups in total. The molecule has 2 heterocycles. The van der Waals surface area contributed by atoms with Gasteiger partial charge in [0.25, 0.3) is 11.5 Å². The number of carbonyl (C=O) groups excluding carboxylic acids is 1. The van der Waals surface area contributed by atoms with Crippen molar-refractivity contribution in [2.24, 2.45) is 5.73 Å². The Morgan fingerprint density at radius 3 is 2.81 bits per heavy atom. The van der Waals surface area contributed by atoms with Gasteiger partial charge >= 0.3 is 5.69 Å². The van der Waals surface area contributed by atoms with Crippen LogP contribution in [0.5, 0.6) is 0 Å².